The summed E-state index contributed by atoms with van der Waals surface area (Å²) < 4.78 is 37.1. The summed E-state index contributed by atoms with van der Waals surface area (Å²) in [5.41, 5.74) is 5.08. The summed E-state index contributed by atoms with van der Waals surface area (Å²) in [7, 11) is 1.65. The van der Waals surface area contributed by atoms with Crippen LogP contribution >= 0.6 is 12.0 Å². The highest BCUT2D eigenvalue weighted by Crippen LogP contribution is 2.47. The van der Waals surface area contributed by atoms with Crippen molar-refractivity contribution in [2.75, 3.05) is 26.9 Å². The lowest BCUT2D eigenvalue weighted by atomic mass is 9.83. The number of benzene rings is 3. The van der Waals surface area contributed by atoms with Crippen molar-refractivity contribution < 1.29 is 22.8 Å². The lowest BCUT2D eigenvalue weighted by Crippen LogP contribution is -2.39. The molecule has 0 amide bonds. The summed E-state index contributed by atoms with van der Waals surface area (Å²) in [5, 5.41) is 0. The molecule has 1 atom stereocenters. The Morgan fingerprint density at radius 2 is 1.94 bits per heavy atom. The second kappa shape index (κ2) is 8.47. The molecule has 3 aromatic carbocycles. The molecule has 0 radical (unpaired) electrons. The first-order valence-electron chi connectivity index (χ1n) is 11.1. The van der Waals surface area contributed by atoms with E-state index in [1.165, 1.54) is 34.4 Å². The lowest BCUT2D eigenvalue weighted by Gasteiger charge is -2.42. The van der Waals surface area contributed by atoms with Crippen molar-refractivity contribution in [3.05, 3.63) is 76.6 Å². The van der Waals surface area contributed by atoms with Gasteiger partial charge in [-0.1, -0.05) is 12.1 Å². The Kier molecular flexibility index (Phi) is 5.31. The number of fused-ring (bicyclic) bond motifs is 6. The number of halogens is 1. The van der Waals surface area contributed by atoms with Crippen LogP contribution in [0.5, 0.6) is 23.0 Å². The average molecular weight is 466 g/mol. The van der Waals surface area contributed by atoms with Gasteiger partial charge >= 0.3 is 0 Å². The summed E-state index contributed by atoms with van der Waals surface area (Å²) in [6.07, 6.45) is 1.82. The molecule has 1 unspecified atom stereocenters. The van der Waals surface area contributed by atoms with Crippen molar-refractivity contribution in [1.82, 2.24) is 4.90 Å². The summed E-state index contributed by atoms with van der Waals surface area (Å²) >= 11 is 1.13. The molecule has 170 valence electrons. The standard InChI is InChI=1S/C26H24FNO4S/c1-29-24-11-16-7-8-28-15-17-5-6-23-26(31-10-9-30-23)21(17)13-22(28)20(16)14-25(24)32-33-19-4-2-3-18(27)12-19/h2-6,11-12,14,22H,7-10,13,15H2,1H3. The highest BCUT2D eigenvalue weighted by molar-refractivity contribution is 7.95. The van der Waals surface area contributed by atoms with Crippen LogP contribution < -0.4 is 18.4 Å². The van der Waals surface area contributed by atoms with Gasteiger partial charge in [-0.25, -0.2) is 4.39 Å². The number of methoxy groups -OCH3 is 1. The minimum absolute atomic E-state index is 0.228. The topological polar surface area (TPSA) is 40.2 Å². The van der Waals surface area contributed by atoms with Gasteiger partial charge in [-0.3, -0.25) is 4.90 Å². The second-order valence-electron chi connectivity index (χ2n) is 8.49. The van der Waals surface area contributed by atoms with Gasteiger partial charge in [-0.15, -0.1) is 0 Å². The predicted molar refractivity (Wildman–Crippen MR) is 124 cm³/mol. The van der Waals surface area contributed by atoms with Crippen molar-refractivity contribution in [2.45, 2.75) is 30.3 Å². The SMILES string of the molecule is COc1cc2c(cc1OSc1cccc(F)c1)C1Cc3c(ccc4c3OCCO4)CN1CC2. The molecule has 0 saturated carbocycles. The van der Waals surface area contributed by atoms with Gasteiger partial charge in [0.1, 0.15) is 19.0 Å². The third-order valence-electron chi connectivity index (χ3n) is 6.60. The first-order chi connectivity index (χ1) is 16.2. The molecule has 6 rings (SSSR count). The van der Waals surface area contributed by atoms with E-state index in [4.69, 9.17) is 18.4 Å². The molecule has 0 aromatic heterocycles. The number of ether oxygens (including phenoxy) is 3. The fourth-order valence-corrected chi connectivity index (χ4v) is 5.64. The van der Waals surface area contributed by atoms with Crippen LogP contribution in [0.2, 0.25) is 0 Å². The summed E-state index contributed by atoms with van der Waals surface area (Å²) in [6.45, 7) is 3.05. The quantitative estimate of drug-likeness (QED) is 0.484. The van der Waals surface area contributed by atoms with Crippen LogP contribution in [0, 0.1) is 5.82 Å². The fourth-order valence-electron chi connectivity index (χ4n) is 5.02. The molecular weight excluding hydrogens is 441 g/mol. The van der Waals surface area contributed by atoms with E-state index in [2.05, 4.69) is 23.1 Å². The van der Waals surface area contributed by atoms with E-state index in [0.717, 1.165) is 49.5 Å². The highest BCUT2D eigenvalue weighted by atomic mass is 32.2. The third-order valence-corrected chi connectivity index (χ3v) is 7.31. The molecule has 3 aliphatic heterocycles. The van der Waals surface area contributed by atoms with E-state index in [9.17, 15) is 4.39 Å². The summed E-state index contributed by atoms with van der Waals surface area (Å²) in [5.74, 6) is 2.79. The first-order valence-corrected chi connectivity index (χ1v) is 11.9. The fraction of sp³-hybridized carbons (Fsp3) is 0.308. The van der Waals surface area contributed by atoms with Crippen molar-refractivity contribution in [1.29, 1.82) is 0 Å². The molecule has 0 saturated heterocycles. The smallest absolute Gasteiger partial charge is 0.180 e. The number of rotatable bonds is 4. The number of hydrogen-bond donors (Lipinski definition) is 0. The second-order valence-corrected chi connectivity index (χ2v) is 9.30. The minimum Gasteiger partial charge on any atom is -0.493 e. The highest BCUT2D eigenvalue weighted by Gasteiger charge is 2.35. The van der Waals surface area contributed by atoms with Gasteiger partial charge in [0.25, 0.3) is 0 Å². The van der Waals surface area contributed by atoms with Crippen LogP contribution in [0.4, 0.5) is 4.39 Å². The van der Waals surface area contributed by atoms with E-state index < -0.39 is 0 Å². The molecule has 0 fully saturated rings. The van der Waals surface area contributed by atoms with Crippen molar-refractivity contribution >= 4 is 12.0 Å². The normalized spacial score (nSPS) is 18.7. The van der Waals surface area contributed by atoms with Gasteiger partial charge in [-0.2, -0.15) is 0 Å². The molecule has 3 aromatic rings. The Morgan fingerprint density at radius 3 is 2.82 bits per heavy atom. The summed E-state index contributed by atoms with van der Waals surface area (Å²) in [4.78, 5) is 3.23. The monoisotopic (exact) mass is 465 g/mol. The van der Waals surface area contributed by atoms with E-state index in [1.54, 1.807) is 13.2 Å². The Hall–Kier alpha value is -2.90. The predicted octanol–water partition coefficient (Wildman–Crippen LogP) is 5.35. The van der Waals surface area contributed by atoms with E-state index in [0.29, 0.717) is 29.6 Å². The maximum Gasteiger partial charge on any atom is 0.180 e. The van der Waals surface area contributed by atoms with Crippen LogP contribution in [-0.4, -0.2) is 31.8 Å². The van der Waals surface area contributed by atoms with E-state index >= 15 is 0 Å². The summed E-state index contributed by atoms with van der Waals surface area (Å²) in [6, 6.07) is 15.0. The van der Waals surface area contributed by atoms with Crippen molar-refractivity contribution in [3.63, 3.8) is 0 Å². The maximum absolute atomic E-state index is 13.6. The Bertz CT molecular complexity index is 1220. The zero-order valence-corrected chi connectivity index (χ0v) is 19.1. The van der Waals surface area contributed by atoms with E-state index in [1.807, 2.05) is 12.1 Å². The molecule has 0 spiro atoms. The van der Waals surface area contributed by atoms with Crippen LogP contribution in [0.25, 0.3) is 0 Å². The Morgan fingerprint density at radius 1 is 1.03 bits per heavy atom. The first kappa shape index (κ1) is 20.7. The van der Waals surface area contributed by atoms with Gasteiger partial charge in [0, 0.05) is 24.7 Å². The van der Waals surface area contributed by atoms with Crippen LogP contribution in [0.1, 0.15) is 28.3 Å². The largest absolute Gasteiger partial charge is 0.493 e. The number of nitrogens with zero attached hydrogens (tertiary/aromatic N) is 1. The molecule has 5 nitrogen and oxygen atoms in total. The van der Waals surface area contributed by atoms with Crippen LogP contribution in [-0.2, 0) is 19.4 Å². The third kappa shape index (κ3) is 3.79. The molecule has 3 aliphatic rings. The Labute approximate surface area is 196 Å². The minimum atomic E-state index is -0.285. The van der Waals surface area contributed by atoms with Gasteiger partial charge in [-0.05, 0) is 65.9 Å². The molecule has 33 heavy (non-hydrogen) atoms. The molecular formula is C26H24FNO4S. The molecule has 7 heteroatoms. The van der Waals surface area contributed by atoms with Crippen molar-refractivity contribution in [2.24, 2.45) is 0 Å². The molecule has 0 bridgehead atoms. The molecule has 3 heterocycles. The molecule has 0 aliphatic carbocycles. The number of hydrogen-bond acceptors (Lipinski definition) is 6. The van der Waals surface area contributed by atoms with Gasteiger partial charge in [0.2, 0.25) is 0 Å². The van der Waals surface area contributed by atoms with Gasteiger partial charge in [0.05, 0.1) is 24.0 Å². The lowest BCUT2D eigenvalue weighted by molar-refractivity contribution is 0.146. The van der Waals surface area contributed by atoms with Crippen LogP contribution in [0.3, 0.4) is 0 Å². The van der Waals surface area contributed by atoms with Gasteiger partial charge in [0.15, 0.2) is 23.0 Å². The van der Waals surface area contributed by atoms with Crippen molar-refractivity contribution in [3.8, 4) is 23.0 Å². The van der Waals surface area contributed by atoms with Crippen LogP contribution in [0.15, 0.2) is 53.4 Å². The zero-order chi connectivity index (χ0) is 22.4. The van der Waals surface area contributed by atoms with E-state index in [-0.39, 0.29) is 11.9 Å². The van der Waals surface area contributed by atoms with Gasteiger partial charge < -0.3 is 18.4 Å². The average Bonchev–Trinajstić information content (AvgIpc) is 2.85. The zero-order valence-electron chi connectivity index (χ0n) is 18.3. The molecule has 0 N–H and O–H groups in total. The Balaban J connectivity index is 1.33. The maximum atomic E-state index is 13.6.